The number of pyridine rings is 2. The number of ether oxygens (including phenoxy) is 1. The number of carbonyl (C=O) groups excluding carboxylic acids is 1. The Morgan fingerprint density at radius 1 is 1.20 bits per heavy atom. The first-order chi connectivity index (χ1) is 11.9. The number of esters is 1. The number of aromatic nitrogens is 2. The van der Waals surface area contributed by atoms with Gasteiger partial charge in [0, 0.05) is 18.5 Å². The second kappa shape index (κ2) is 6.39. The van der Waals surface area contributed by atoms with Gasteiger partial charge in [-0.3, -0.25) is 9.78 Å². The SMILES string of the molecule is CCOC(=O)c1cn(-c2ccncc2F)c2cc(F)c(F)cc2c1=O. The second-order valence-corrected chi connectivity index (χ2v) is 5.07. The maximum absolute atomic E-state index is 14.1. The van der Waals surface area contributed by atoms with Gasteiger partial charge in [-0.1, -0.05) is 0 Å². The van der Waals surface area contributed by atoms with Crippen molar-refractivity contribution in [3.8, 4) is 5.69 Å². The van der Waals surface area contributed by atoms with Crippen LogP contribution in [0.25, 0.3) is 16.6 Å². The molecule has 5 nitrogen and oxygen atoms in total. The fourth-order valence-electron chi connectivity index (χ4n) is 2.44. The predicted octanol–water partition coefficient (Wildman–Crippen LogP) is 2.98. The molecule has 0 aliphatic carbocycles. The Morgan fingerprint density at radius 2 is 1.92 bits per heavy atom. The van der Waals surface area contributed by atoms with Crippen molar-refractivity contribution in [2.24, 2.45) is 0 Å². The van der Waals surface area contributed by atoms with E-state index in [1.807, 2.05) is 0 Å². The van der Waals surface area contributed by atoms with E-state index in [-0.39, 0.29) is 23.2 Å². The van der Waals surface area contributed by atoms with Crippen LogP contribution in [0.4, 0.5) is 13.2 Å². The number of rotatable bonds is 3. The molecular formula is C17H11F3N2O3. The highest BCUT2D eigenvalue weighted by Crippen LogP contribution is 2.22. The lowest BCUT2D eigenvalue weighted by Gasteiger charge is -2.14. The van der Waals surface area contributed by atoms with Crippen LogP contribution >= 0.6 is 0 Å². The lowest BCUT2D eigenvalue weighted by atomic mass is 10.1. The highest BCUT2D eigenvalue weighted by atomic mass is 19.2. The predicted molar refractivity (Wildman–Crippen MR) is 83.2 cm³/mol. The Bertz CT molecular complexity index is 1050. The summed E-state index contributed by atoms with van der Waals surface area (Å²) in [6.45, 7) is 1.56. The Balaban J connectivity index is 2.44. The lowest BCUT2D eigenvalue weighted by molar-refractivity contribution is 0.0524. The fraction of sp³-hybridized carbons (Fsp3) is 0.118. The molecule has 0 bridgehead atoms. The van der Waals surface area contributed by atoms with Gasteiger partial charge in [-0.2, -0.15) is 0 Å². The van der Waals surface area contributed by atoms with Crippen molar-refractivity contribution < 1.29 is 22.7 Å². The molecule has 0 fully saturated rings. The zero-order valence-corrected chi connectivity index (χ0v) is 12.9. The van der Waals surface area contributed by atoms with Crippen molar-refractivity contribution in [2.75, 3.05) is 6.61 Å². The average molecular weight is 348 g/mol. The third-order valence-corrected chi connectivity index (χ3v) is 3.55. The number of nitrogens with zero attached hydrogens (tertiary/aromatic N) is 2. The summed E-state index contributed by atoms with van der Waals surface area (Å²) in [5.41, 5.74) is -1.44. The Kier molecular flexibility index (Phi) is 4.26. The van der Waals surface area contributed by atoms with E-state index >= 15 is 0 Å². The van der Waals surface area contributed by atoms with E-state index in [9.17, 15) is 22.8 Å². The maximum atomic E-state index is 14.1. The van der Waals surface area contributed by atoms with Crippen LogP contribution in [0.1, 0.15) is 17.3 Å². The Labute approximate surface area is 139 Å². The van der Waals surface area contributed by atoms with Gasteiger partial charge in [0.15, 0.2) is 17.5 Å². The second-order valence-electron chi connectivity index (χ2n) is 5.07. The number of hydrogen-bond acceptors (Lipinski definition) is 4. The highest BCUT2D eigenvalue weighted by molar-refractivity contribution is 5.94. The van der Waals surface area contributed by atoms with E-state index in [2.05, 4.69) is 4.98 Å². The monoisotopic (exact) mass is 348 g/mol. The van der Waals surface area contributed by atoms with Crippen molar-refractivity contribution in [3.63, 3.8) is 0 Å². The van der Waals surface area contributed by atoms with Crippen LogP contribution in [0, 0.1) is 17.5 Å². The highest BCUT2D eigenvalue weighted by Gasteiger charge is 2.20. The summed E-state index contributed by atoms with van der Waals surface area (Å²) in [5.74, 6) is -4.18. The number of benzene rings is 1. The molecule has 0 aliphatic heterocycles. The minimum absolute atomic E-state index is 0.0116. The zero-order valence-electron chi connectivity index (χ0n) is 12.9. The molecule has 0 aliphatic rings. The maximum Gasteiger partial charge on any atom is 0.343 e. The fourth-order valence-corrected chi connectivity index (χ4v) is 2.44. The molecule has 0 spiro atoms. The van der Waals surface area contributed by atoms with E-state index in [4.69, 9.17) is 4.74 Å². The first-order valence-corrected chi connectivity index (χ1v) is 7.25. The molecule has 2 aromatic heterocycles. The van der Waals surface area contributed by atoms with E-state index in [0.717, 1.165) is 23.0 Å². The molecule has 25 heavy (non-hydrogen) atoms. The summed E-state index contributed by atoms with van der Waals surface area (Å²) in [4.78, 5) is 28.1. The standard InChI is InChI=1S/C17H11F3N2O3/c1-2-25-17(24)10-8-22(14-3-4-21-7-13(14)20)15-6-12(19)11(18)5-9(15)16(10)23/h3-8H,2H2,1H3. The molecule has 0 radical (unpaired) electrons. The lowest BCUT2D eigenvalue weighted by Crippen LogP contribution is -2.21. The minimum atomic E-state index is -1.26. The number of halogens is 3. The molecule has 1 aromatic carbocycles. The van der Waals surface area contributed by atoms with Crippen molar-refractivity contribution in [2.45, 2.75) is 6.92 Å². The topological polar surface area (TPSA) is 61.2 Å². The molecule has 8 heteroatoms. The Hall–Kier alpha value is -3.16. The number of carbonyl (C=O) groups is 1. The molecule has 128 valence electrons. The van der Waals surface area contributed by atoms with Crippen LogP contribution in [-0.4, -0.2) is 22.1 Å². The molecule has 0 saturated heterocycles. The summed E-state index contributed by atoms with van der Waals surface area (Å²) in [6, 6.07) is 2.71. The van der Waals surface area contributed by atoms with E-state index < -0.39 is 34.4 Å². The van der Waals surface area contributed by atoms with Crippen LogP contribution in [0.5, 0.6) is 0 Å². The largest absolute Gasteiger partial charge is 0.462 e. The zero-order chi connectivity index (χ0) is 18.1. The van der Waals surface area contributed by atoms with Crippen LogP contribution in [0.3, 0.4) is 0 Å². The normalized spacial score (nSPS) is 10.9. The van der Waals surface area contributed by atoms with Crippen molar-refractivity contribution in [1.82, 2.24) is 9.55 Å². The minimum Gasteiger partial charge on any atom is -0.462 e. The molecule has 0 N–H and O–H groups in total. The van der Waals surface area contributed by atoms with Gasteiger partial charge in [-0.15, -0.1) is 0 Å². The molecule has 3 rings (SSSR count). The smallest absolute Gasteiger partial charge is 0.343 e. The molecule has 3 aromatic rings. The summed E-state index contributed by atoms with van der Waals surface area (Å²) < 4.78 is 47.3. The third-order valence-electron chi connectivity index (χ3n) is 3.55. The van der Waals surface area contributed by atoms with Gasteiger partial charge in [-0.25, -0.2) is 18.0 Å². The first kappa shape index (κ1) is 16.7. The van der Waals surface area contributed by atoms with Crippen LogP contribution in [-0.2, 0) is 4.74 Å². The summed E-state index contributed by atoms with van der Waals surface area (Å²) >= 11 is 0. The van der Waals surface area contributed by atoms with E-state index in [0.29, 0.717) is 6.07 Å². The van der Waals surface area contributed by atoms with E-state index in [1.165, 1.54) is 12.3 Å². The third kappa shape index (κ3) is 2.86. The van der Waals surface area contributed by atoms with Crippen LogP contribution in [0.15, 0.2) is 41.6 Å². The molecule has 0 saturated carbocycles. The quantitative estimate of drug-likeness (QED) is 0.683. The summed E-state index contributed by atoms with van der Waals surface area (Å²) in [7, 11) is 0. The molecule has 0 unspecified atom stereocenters. The first-order valence-electron chi connectivity index (χ1n) is 7.25. The van der Waals surface area contributed by atoms with Crippen LogP contribution in [0.2, 0.25) is 0 Å². The van der Waals surface area contributed by atoms with Crippen molar-refractivity contribution >= 4 is 16.9 Å². The van der Waals surface area contributed by atoms with Gasteiger partial charge in [0.25, 0.3) is 0 Å². The summed E-state index contributed by atoms with van der Waals surface area (Å²) in [6.07, 6.45) is 3.24. The van der Waals surface area contributed by atoms with Gasteiger partial charge >= 0.3 is 5.97 Å². The van der Waals surface area contributed by atoms with Gasteiger partial charge in [0.1, 0.15) is 5.56 Å². The van der Waals surface area contributed by atoms with Gasteiger partial charge < -0.3 is 9.30 Å². The summed E-state index contributed by atoms with van der Waals surface area (Å²) in [5, 5.41) is -0.277. The van der Waals surface area contributed by atoms with Crippen molar-refractivity contribution in [1.29, 1.82) is 0 Å². The van der Waals surface area contributed by atoms with Gasteiger partial charge in [-0.05, 0) is 19.1 Å². The van der Waals surface area contributed by atoms with Gasteiger partial charge in [0.2, 0.25) is 5.43 Å². The molecular weight excluding hydrogens is 337 g/mol. The average Bonchev–Trinajstić information content (AvgIpc) is 2.58. The van der Waals surface area contributed by atoms with Gasteiger partial charge in [0.05, 0.1) is 29.4 Å². The van der Waals surface area contributed by atoms with Crippen molar-refractivity contribution in [3.05, 3.63) is 70.0 Å². The molecule has 2 heterocycles. The Morgan fingerprint density at radius 3 is 2.60 bits per heavy atom. The number of fused-ring (bicyclic) bond motifs is 1. The molecule has 0 atom stereocenters. The van der Waals surface area contributed by atoms with E-state index in [1.54, 1.807) is 6.92 Å². The van der Waals surface area contributed by atoms with Crippen LogP contribution < -0.4 is 5.43 Å². The molecule has 0 amide bonds. The number of hydrogen-bond donors (Lipinski definition) is 0.